The minimum atomic E-state index is 0.0498. The van der Waals surface area contributed by atoms with E-state index in [1.165, 1.54) is 0 Å². The van der Waals surface area contributed by atoms with Crippen LogP contribution in [0.15, 0.2) is 48.5 Å². The maximum absolute atomic E-state index is 8.55. The number of nitrogens with zero attached hydrogens (tertiary/aromatic N) is 1. The van der Waals surface area contributed by atoms with Gasteiger partial charge in [-0.1, -0.05) is 35.9 Å². The molecule has 0 atom stereocenters. The van der Waals surface area contributed by atoms with E-state index in [-0.39, 0.29) is 6.61 Å². The van der Waals surface area contributed by atoms with Gasteiger partial charge in [0.1, 0.15) is 11.8 Å². The zero-order valence-corrected chi connectivity index (χ0v) is 11.0. The number of benzene rings is 2. The van der Waals surface area contributed by atoms with E-state index < -0.39 is 0 Å². The zero-order chi connectivity index (χ0) is 13.5. The number of para-hydroxylation sites is 1. The van der Waals surface area contributed by atoms with Gasteiger partial charge in [0, 0.05) is 22.8 Å². The molecule has 0 aliphatic heterocycles. The van der Waals surface area contributed by atoms with Crippen LogP contribution in [0, 0.1) is 11.3 Å². The molecule has 0 unspecified atom stereocenters. The predicted molar refractivity (Wildman–Crippen MR) is 76.3 cm³/mol. The second-order valence-corrected chi connectivity index (χ2v) is 4.35. The first-order valence-corrected chi connectivity index (χ1v) is 6.24. The topological polar surface area (TPSA) is 45.0 Å². The van der Waals surface area contributed by atoms with Crippen molar-refractivity contribution in [1.82, 2.24) is 0 Å². The van der Waals surface area contributed by atoms with Crippen LogP contribution in [-0.2, 0) is 6.54 Å². The number of halogens is 1. The van der Waals surface area contributed by atoms with Crippen LogP contribution in [0.25, 0.3) is 0 Å². The van der Waals surface area contributed by atoms with Gasteiger partial charge in [0.2, 0.25) is 0 Å². The number of rotatable bonds is 5. The van der Waals surface area contributed by atoms with Crippen molar-refractivity contribution in [2.45, 2.75) is 6.54 Å². The molecule has 0 saturated carbocycles. The first-order valence-electron chi connectivity index (χ1n) is 5.86. The molecule has 3 nitrogen and oxygen atoms in total. The molecule has 96 valence electrons. The summed E-state index contributed by atoms with van der Waals surface area (Å²) in [5.41, 5.74) is 1.94. The highest BCUT2D eigenvalue weighted by molar-refractivity contribution is 6.30. The fourth-order valence-corrected chi connectivity index (χ4v) is 1.89. The van der Waals surface area contributed by atoms with E-state index in [0.717, 1.165) is 17.0 Å². The second-order valence-electron chi connectivity index (χ2n) is 3.92. The van der Waals surface area contributed by atoms with Crippen LogP contribution >= 0.6 is 11.6 Å². The second kappa shape index (κ2) is 6.67. The standard InChI is InChI=1S/C15H13ClN2O/c16-13-5-3-6-14(10-13)18-11-12-4-1-2-7-15(12)19-9-8-17/h1-7,10,18H,9,11H2. The summed E-state index contributed by atoms with van der Waals surface area (Å²) in [7, 11) is 0. The smallest absolute Gasteiger partial charge is 0.174 e. The fraction of sp³-hybridized carbons (Fsp3) is 0.133. The highest BCUT2D eigenvalue weighted by Gasteiger charge is 2.02. The van der Waals surface area contributed by atoms with Crippen LogP contribution in [-0.4, -0.2) is 6.61 Å². The van der Waals surface area contributed by atoms with E-state index in [2.05, 4.69) is 5.32 Å². The van der Waals surface area contributed by atoms with E-state index >= 15 is 0 Å². The Morgan fingerprint density at radius 2 is 2.00 bits per heavy atom. The summed E-state index contributed by atoms with van der Waals surface area (Å²) < 4.78 is 5.37. The average Bonchev–Trinajstić information content (AvgIpc) is 2.44. The summed E-state index contributed by atoms with van der Waals surface area (Å²) >= 11 is 5.93. The largest absolute Gasteiger partial charge is 0.478 e. The minimum Gasteiger partial charge on any atom is -0.478 e. The van der Waals surface area contributed by atoms with Gasteiger partial charge in [0.25, 0.3) is 0 Å². The van der Waals surface area contributed by atoms with Gasteiger partial charge in [0.15, 0.2) is 6.61 Å². The molecule has 1 N–H and O–H groups in total. The summed E-state index contributed by atoms with van der Waals surface area (Å²) in [6, 6.07) is 17.1. The first kappa shape index (κ1) is 13.3. The van der Waals surface area contributed by atoms with E-state index in [1.807, 2.05) is 54.6 Å². The Hall–Kier alpha value is -2.18. The number of hydrogen-bond acceptors (Lipinski definition) is 3. The van der Waals surface area contributed by atoms with Crippen LogP contribution in [0.2, 0.25) is 5.02 Å². The van der Waals surface area contributed by atoms with E-state index in [9.17, 15) is 0 Å². The molecule has 0 saturated heterocycles. The molecule has 0 aromatic heterocycles. The average molecular weight is 273 g/mol. The molecule has 4 heteroatoms. The highest BCUT2D eigenvalue weighted by Crippen LogP contribution is 2.20. The molecule has 0 aliphatic rings. The van der Waals surface area contributed by atoms with Gasteiger partial charge in [-0.3, -0.25) is 0 Å². The SMILES string of the molecule is N#CCOc1ccccc1CNc1cccc(Cl)c1. The van der Waals surface area contributed by atoms with E-state index in [1.54, 1.807) is 0 Å². The van der Waals surface area contributed by atoms with Crippen LogP contribution in [0.5, 0.6) is 5.75 Å². The Labute approximate surface area is 117 Å². The summed E-state index contributed by atoms with van der Waals surface area (Å²) in [6.07, 6.45) is 0. The Morgan fingerprint density at radius 3 is 2.79 bits per heavy atom. The normalized spacial score (nSPS) is 9.68. The maximum Gasteiger partial charge on any atom is 0.174 e. The molecule has 2 aromatic rings. The lowest BCUT2D eigenvalue weighted by atomic mass is 10.2. The van der Waals surface area contributed by atoms with Crippen molar-refractivity contribution in [3.05, 3.63) is 59.1 Å². The zero-order valence-electron chi connectivity index (χ0n) is 10.3. The third kappa shape index (κ3) is 3.90. The fourth-order valence-electron chi connectivity index (χ4n) is 1.70. The molecule has 0 spiro atoms. The quantitative estimate of drug-likeness (QED) is 0.899. The van der Waals surface area contributed by atoms with Gasteiger partial charge < -0.3 is 10.1 Å². The third-order valence-corrected chi connectivity index (χ3v) is 2.81. The van der Waals surface area contributed by atoms with Crippen LogP contribution in [0.4, 0.5) is 5.69 Å². The molecule has 0 heterocycles. The highest BCUT2D eigenvalue weighted by atomic mass is 35.5. The Kier molecular flexibility index (Phi) is 4.66. The predicted octanol–water partition coefficient (Wildman–Crippen LogP) is 3.85. The molecular formula is C15H13ClN2O. The lowest BCUT2D eigenvalue weighted by molar-refractivity contribution is 0.364. The Morgan fingerprint density at radius 1 is 1.16 bits per heavy atom. The Bertz CT molecular complexity index is 593. The van der Waals surface area contributed by atoms with Gasteiger partial charge in [-0.05, 0) is 24.3 Å². The van der Waals surface area contributed by atoms with Crippen LogP contribution < -0.4 is 10.1 Å². The summed E-state index contributed by atoms with van der Waals surface area (Å²) in [5.74, 6) is 0.721. The van der Waals surface area contributed by atoms with Gasteiger partial charge in [-0.15, -0.1) is 0 Å². The first-order chi connectivity index (χ1) is 9.29. The lowest BCUT2D eigenvalue weighted by Crippen LogP contribution is -2.03. The molecule has 2 aromatic carbocycles. The summed E-state index contributed by atoms with van der Waals surface area (Å²) in [5, 5.41) is 12.5. The number of nitriles is 1. The molecular weight excluding hydrogens is 260 g/mol. The van der Waals surface area contributed by atoms with Crippen LogP contribution in [0.3, 0.4) is 0 Å². The van der Waals surface area contributed by atoms with Crippen molar-refractivity contribution in [3.8, 4) is 11.8 Å². The van der Waals surface area contributed by atoms with Crippen molar-refractivity contribution in [1.29, 1.82) is 5.26 Å². The monoisotopic (exact) mass is 272 g/mol. The summed E-state index contributed by atoms with van der Waals surface area (Å²) in [6.45, 7) is 0.663. The van der Waals surface area contributed by atoms with Crippen molar-refractivity contribution in [2.75, 3.05) is 11.9 Å². The maximum atomic E-state index is 8.55. The molecule has 0 radical (unpaired) electrons. The third-order valence-electron chi connectivity index (χ3n) is 2.57. The number of ether oxygens (including phenoxy) is 1. The van der Waals surface area contributed by atoms with E-state index in [0.29, 0.717) is 11.6 Å². The molecule has 0 fully saturated rings. The molecule has 19 heavy (non-hydrogen) atoms. The van der Waals surface area contributed by atoms with E-state index in [4.69, 9.17) is 21.6 Å². The molecule has 2 rings (SSSR count). The van der Waals surface area contributed by atoms with Gasteiger partial charge in [-0.25, -0.2) is 0 Å². The molecule has 0 aliphatic carbocycles. The number of hydrogen-bond donors (Lipinski definition) is 1. The number of nitrogens with one attached hydrogen (secondary N) is 1. The van der Waals surface area contributed by atoms with Crippen molar-refractivity contribution < 1.29 is 4.74 Å². The number of anilines is 1. The van der Waals surface area contributed by atoms with Gasteiger partial charge in [0.05, 0.1) is 0 Å². The lowest BCUT2D eigenvalue weighted by Gasteiger charge is -2.11. The van der Waals surface area contributed by atoms with Crippen molar-refractivity contribution in [2.24, 2.45) is 0 Å². The van der Waals surface area contributed by atoms with Crippen molar-refractivity contribution >= 4 is 17.3 Å². The summed E-state index contributed by atoms with van der Waals surface area (Å²) in [4.78, 5) is 0. The van der Waals surface area contributed by atoms with Crippen molar-refractivity contribution in [3.63, 3.8) is 0 Å². The van der Waals surface area contributed by atoms with Gasteiger partial charge in [-0.2, -0.15) is 5.26 Å². The Balaban J connectivity index is 2.05. The van der Waals surface area contributed by atoms with Crippen LogP contribution in [0.1, 0.15) is 5.56 Å². The minimum absolute atomic E-state index is 0.0498. The molecule has 0 amide bonds. The van der Waals surface area contributed by atoms with Gasteiger partial charge >= 0.3 is 0 Å². The molecule has 0 bridgehead atoms.